The fourth-order valence-corrected chi connectivity index (χ4v) is 3.65. The SMILES string of the molecule is COC(=O)c1cnc(Nc2ccc3c(n2)C(C)(C)OC3=O)cc1N[C@H](CO)c1ccc(F)cc1. The summed E-state index contributed by atoms with van der Waals surface area (Å²) in [6.07, 6.45) is 1.33. The molecule has 1 atom stereocenters. The summed E-state index contributed by atoms with van der Waals surface area (Å²) in [5.74, 6) is -0.677. The van der Waals surface area contributed by atoms with Gasteiger partial charge in [0.05, 0.1) is 31.0 Å². The summed E-state index contributed by atoms with van der Waals surface area (Å²) in [7, 11) is 1.25. The van der Waals surface area contributed by atoms with E-state index in [2.05, 4.69) is 20.6 Å². The van der Waals surface area contributed by atoms with Gasteiger partial charge in [0.1, 0.15) is 34.3 Å². The summed E-state index contributed by atoms with van der Waals surface area (Å²) < 4.78 is 23.5. The monoisotopic (exact) mass is 466 g/mol. The van der Waals surface area contributed by atoms with Crippen LogP contribution in [0.4, 0.5) is 21.7 Å². The predicted molar refractivity (Wildman–Crippen MR) is 121 cm³/mol. The number of fused-ring (bicyclic) bond motifs is 1. The first kappa shape index (κ1) is 23.1. The number of carbonyl (C=O) groups excluding carboxylic acids is 2. The zero-order chi connectivity index (χ0) is 24.5. The highest BCUT2D eigenvalue weighted by atomic mass is 19.1. The molecule has 0 spiro atoms. The van der Waals surface area contributed by atoms with Crippen molar-refractivity contribution in [3.8, 4) is 0 Å². The molecule has 3 N–H and O–H groups in total. The first-order chi connectivity index (χ1) is 16.2. The van der Waals surface area contributed by atoms with E-state index in [9.17, 15) is 19.1 Å². The molecule has 3 heterocycles. The summed E-state index contributed by atoms with van der Waals surface area (Å²) in [6, 6.07) is 9.86. The van der Waals surface area contributed by atoms with Gasteiger partial charge in [-0.2, -0.15) is 0 Å². The Morgan fingerprint density at radius 2 is 1.94 bits per heavy atom. The Balaban J connectivity index is 1.65. The van der Waals surface area contributed by atoms with E-state index < -0.39 is 29.4 Å². The second-order valence-corrected chi connectivity index (χ2v) is 8.16. The molecule has 10 heteroatoms. The van der Waals surface area contributed by atoms with Gasteiger partial charge in [-0.25, -0.2) is 23.9 Å². The van der Waals surface area contributed by atoms with Crippen molar-refractivity contribution in [3.05, 3.63) is 76.9 Å². The highest BCUT2D eigenvalue weighted by Gasteiger charge is 2.39. The standard InChI is InChI=1S/C24H23FN4O5/c1-24(2)21-15(23(32)34-24)8-9-19(29-21)28-20-10-17(16(11-26-20)22(31)33-3)27-18(12-30)13-4-6-14(25)7-5-13/h4-11,18,30H,12H2,1-3H3,(H2,26,27,28,29)/t18-/m1/s1. The lowest BCUT2D eigenvalue weighted by molar-refractivity contribution is 0.00832. The van der Waals surface area contributed by atoms with E-state index in [1.807, 2.05) is 0 Å². The summed E-state index contributed by atoms with van der Waals surface area (Å²) in [4.78, 5) is 33.1. The highest BCUT2D eigenvalue weighted by Crippen LogP contribution is 2.35. The predicted octanol–water partition coefficient (Wildman–Crippen LogP) is 3.70. The van der Waals surface area contributed by atoms with Crippen LogP contribution in [0.1, 0.15) is 51.9 Å². The van der Waals surface area contributed by atoms with Gasteiger partial charge in [0.25, 0.3) is 0 Å². The summed E-state index contributed by atoms with van der Waals surface area (Å²) in [6.45, 7) is 3.19. The molecule has 0 aliphatic carbocycles. The maximum Gasteiger partial charge on any atom is 0.341 e. The number of aliphatic hydroxyl groups is 1. The number of aromatic nitrogens is 2. The van der Waals surface area contributed by atoms with E-state index in [1.165, 1.54) is 25.4 Å². The van der Waals surface area contributed by atoms with Crippen molar-refractivity contribution in [2.24, 2.45) is 0 Å². The number of anilines is 3. The van der Waals surface area contributed by atoms with Crippen LogP contribution >= 0.6 is 0 Å². The normalized spacial score (nSPS) is 14.7. The van der Waals surface area contributed by atoms with Gasteiger partial charge in [0.2, 0.25) is 0 Å². The minimum atomic E-state index is -0.859. The van der Waals surface area contributed by atoms with Crippen LogP contribution in [0.25, 0.3) is 0 Å². The van der Waals surface area contributed by atoms with Gasteiger partial charge in [-0.05, 0) is 43.7 Å². The van der Waals surface area contributed by atoms with Crippen molar-refractivity contribution >= 4 is 29.3 Å². The maximum absolute atomic E-state index is 13.3. The van der Waals surface area contributed by atoms with Crippen LogP contribution in [0.2, 0.25) is 0 Å². The number of benzene rings is 1. The fraction of sp³-hybridized carbons (Fsp3) is 0.250. The molecular weight excluding hydrogens is 443 g/mol. The van der Waals surface area contributed by atoms with Crippen molar-refractivity contribution in [1.29, 1.82) is 0 Å². The summed E-state index contributed by atoms with van der Waals surface area (Å²) in [5, 5.41) is 16.1. The number of hydrogen-bond acceptors (Lipinski definition) is 9. The molecule has 9 nitrogen and oxygen atoms in total. The number of aliphatic hydroxyl groups excluding tert-OH is 1. The number of nitrogens with zero attached hydrogens (tertiary/aromatic N) is 2. The van der Waals surface area contributed by atoms with Crippen LogP contribution < -0.4 is 10.6 Å². The van der Waals surface area contributed by atoms with Crippen molar-refractivity contribution in [3.63, 3.8) is 0 Å². The van der Waals surface area contributed by atoms with Crippen molar-refractivity contribution < 1.29 is 28.6 Å². The number of rotatable bonds is 7. The quantitative estimate of drug-likeness (QED) is 0.447. The van der Waals surface area contributed by atoms with Crippen molar-refractivity contribution in [2.75, 3.05) is 24.4 Å². The van der Waals surface area contributed by atoms with E-state index in [4.69, 9.17) is 9.47 Å². The molecule has 34 heavy (non-hydrogen) atoms. The number of hydrogen-bond donors (Lipinski definition) is 3. The molecular formula is C24H23FN4O5. The van der Waals surface area contributed by atoms with E-state index in [1.54, 1.807) is 44.2 Å². The molecule has 0 bridgehead atoms. The molecule has 0 radical (unpaired) electrons. The Kier molecular flexibility index (Phi) is 6.16. The number of halogens is 1. The molecule has 1 aromatic carbocycles. The van der Waals surface area contributed by atoms with Crippen molar-refractivity contribution in [2.45, 2.75) is 25.5 Å². The highest BCUT2D eigenvalue weighted by molar-refractivity contribution is 5.96. The minimum Gasteiger partial charge on any atom is -0.465 e. The number of ether oxygens (including phenoxy) is 2. The van der Waals surface area contributed by atoms with Gasteiger partial charge in [0.15, 0.2) is 0 Å². The largest absolute Gasteiger partial charge is 0.465 e. The zero-order valence-electron chi connectivity index (χ0n) is 18.8. The molecule has 0 amide bonds. The number of cyclic esters (lactones) is 1. The lowest BCUT2D eigenvalue weighted by atomic mass is 10.0. The van der Waals surface area contributed by atoms with Crippen LogP contribution in [0.15, 0.2) is 48.7 Å². The number of pyridine rings is 2. The average Bonchev–Trinajstić information content (AvgIpc) is 3.05. The minimum absolute atomic E-state index is 0.149. The van der Waals surface area contributed by atoms with Gasteiger partial charge in [-0.1, -0.05) is 12.1 Å². The first-order valence-corrected chi connectivity index (χ1v) is 10.4. The number of esters is 2. The second kappa shape index (κ2) is 9.06. The molecule has 1 aliphatic heterocycles. The van der Waals surface area contributed by atoms with Crippen LogP contribution in [-0.2, 0) is 15.1 Å². The molecule has 0 unspecified atom stereocenters. The van der Waals surface area contributed by atoms with E-state index in [-0.39, 0.29) is 12.2 Å². The number of methoxy groups -OCH3 is 1. The number of nitrogens with one attached hydrogen (secondary N) is 2. The lowest BCUT2D eigenvalue weighted by Crippen LogP contribution is -2.18. The molecule has 0 saturated carbocycles. The third-order valence-corrected chi connectivity index (χ3v) is 5.38. The lowest BCUT2D eigenvalue weighted by Gasteiger charge is -2.20. The molecule has 176 valence electrons. The van der Waals surface area contributed by atoms with E-state index in [0.29, 0.717) is 34.1 Å². The molecule has 0 fully saturated rings. The average molecular weight is 466 g/mol. The Labute approximate surface area is 195 Å². The molecule has 1 aliphatic rings. The Hall–Kier alpha value is -4.05. The molecule has 4 rings (SSSR count). The maximum atomic E-state index is 13.3. The topological polar surface area (TPSA) is 123 Å². The molecule has 0 saturated heterocycles. The Bertz CT molecular complexity index is 1250. The molecule has 3 aromatic rings. The third-order valence-electron chi connectivity index (χ3n) is 5.38. The zero-order valence-corrected chi connectivity index (χ0v) is 18.8. The fourth-order valence-electron chi connectivity index (χ4n) is 3.65. The summed E-state index contributed by atoms with van der Waals surface area (Å²) >= 11 is 0. The van der Waals surface area contributed by atoms with Crippen LogP contribution in [-0.4, -0.2) is 40.7 Å². The smallest absolute Gasteiger partial charge is 0.341 e. The van der Waals surface area contributed by atoms with Gasteiger partial charge >= 0.3 is 11.9 Å². The van der Waals surface area contributed by atoms with Crippen LogP contribution in [0.5, 0.6) is 0 Å². The van der Waals surface area contributed by atoms with Crippen molar-refractivity contribution in [1.82, 2.24) is 9.97 Å². The van der Waals surface area contributed by atoms with Gasteiger partial charge in [-0.3, -0.25) is 0 Å². The van der Waals surface area contributed by atoms with Crippen LogP contribution in [0, 0.1) is 5.82 Å². The third kappa shape index (κ3) is 4.53. The van der Waals surface area contributed by atoms with E-state index in [0.717, 1.165) is 0 Å². The van der Waals surface area contributed by atoms with Crippen LogP contribution in [0.3, 0.4) is 0 Å². The second-order valence-electron chi connectivity index (χ2n) is 8.16. The van der Waals surface area contributed by atoms with Gasteiger partial charge in [-0.15, -0.1) is 0 Å². The first-order valence-electron chi connectivity index (χ1n) is 10.4. The van der Waals surface area contributed by atoms with Gasteiger partial charge in [0, 0.05) is 12.3 Å². The van der Waals surface area contributed by atoms with Gasteiger partial charge < -0.3 is 25.2 Å². The number of carbonyl (C=O) groups is 2. The summed E-state index contributed by atoms with van der Waals surface area (Å²) in [5.41, 5.74) is 1.16. The Morgan fingerprint density at radius 1 is 1.21 bits per heavy atom. The Morgan fingerprint density at radius 3 is 2.62 bits per heavy atom. The van der Waals surface area contributed by atoms with E-state index >= 15 is 0 Å². The molecule has 2 aromatic heterocycles.